The van der Waals surface area contributed by atoms with Gasteiger partial charge in [-0.25, -0.2) is 9.59 Å². The zero-order valence-electron chi connectivity index (χ0n) is 10.6. The summed E-state index contributed by atoms with van der Waals surface area (Å²) in [7, 11) is 0. The molecule has 0 saturated heterocycles. The number of phenols is 1. The van der Waals surface area contributed by atoms with Crippen molar-refractivity contribution >= 4 is 45.0 Å². The second kappa shape index (κ2) is 6.59. The fourth-order valence-electron chi connectivity index (χ4n) is 1.55. The molecule has 0 aliphatic carbocycles. The maximum absolute atomic E-state index is 11.7. The van der Waals surface area contributed by atoms with Gasteiger partial charge in [-0.3, -0.25) is 0 Å². The van der Waals surface area contributed by atoms with E-state index in [-0.39, 0.29) is 17.0 Å². The SMILES string of the molecule is O=C(NCc1ccc(Br)s1)Nc1ccc(C(=O)O)cc1O. The van der Waals surface area contributed by atoms with Gasteiger partial charge in [0.05, 0.1) is 21.6 Å². The maximum atomic E-state index is 11.7. The molecule has 0 aliphatic rings. The van der Waals surface area contributed by atoms with Crippen LogP contribution in [0.5, 0.6) is 5.75 Å². The minimum Gasteiger partial charge on any atom is -0.506 e. The molecule has 2 rings (SSSR count). The molecule has 0 atom stereocenters. The van der Waals surface area contributed by atoms with Crippen molar-refractivity contribution in [3.05, 3.63) is 44.6 Å². The average Bonchev–Trinajstić information content (AvgIpc) is 2.84. The number of anilines is 1. The zero-order chi connectivity index (χ0) is 15.4. The number of rotatable bonds is 4. The van der Waals surface area contributed by atoms with Gasteiger partial charge in [-0.2, -0.15) is 0 Å². The van der Waals surface area contributed by atoms with Crippen LogP contribution in [0.15, 0.2) is 34.1 Å². The molecular formula is C13H11BrN2O4S. The highest BCUT2D eigenvalue weighted by molar-refractivity contribution is 9.11. The smallest absolute Gasteiger partial charge is 0.335 e. The van der Waals surface area contributed by atoms with Gasteiger partial charge in [0.15, 0.2) is 0 Å². The quantitative estimate of drug-likeness (QED) is 0.620. The molecule has 110 valence electrons. The van der Waals surface area contributed by atoms with E-state index in [9.17, 15) is 14.7 Å². The molecule has 0 saturated carbocycles. The van der Waals surface area contributed by atoms with Crippen molar-refractivity contribution in [2.75, 3.05) is 5.32 Å². The zero-order valence-corrected chi connectivity index (χ0v) is 13.0. The number of benzene rings is 1. The molecule has 0 unspecified atom stereocenters. The first-order valence-corrected chi connectivity index (χ1v) is 7.42. The summed E-state index contributed by atoms with van der Waals surface area (Å²) >= 11 is 4.83. The number of carboxylic acid groups (broad SMARTS) is 1. The Hall–Kier alpha value is -2.06. The highest BCUT2D eigenvalue weighted by Gasteiger charge is 2.10. The lowest BCUT2D eigenvalue weighted by molar-refractivity contribution is 0.0696. The minimum atomic E-state index is -1.15. The topological polar surface area (TPSA) is 98.7 Å². The lowest BCUT2D eigenvalue weighted by Crippen LogP contribution is -2.27. The number of thiophene rings is 1. The number of aromatic carboxylic acids is 1. The van der Waals surface area contributed by atoms with Crippen LogP contribution in [0.3, 0.4) is 0 Å². The third-order valence-corrected chi connectivity index (χ3v) is 4.17. The van der Waals surface area contributed by atoms with Gasteiger partial charge in [-0.1, -0.05) is 0 Å². The predicted octanol–water partition coefficient (Wildman–Crippen LogP) is 3.24. The Bertz CT molecular complexity index is 687. The Morgan fingerprint density at radius 3 is 2.57 bits per heavy atom. The molecule has 21 heavy (non-hydrogen) atoms. The molecule has 1 heterocycles. The van der Waals surface area contributed by atoms with E-state index in [2.05, 4.69) is 26.6 Å². The molecule has 0 fully saturated rings. The van der Waals surface area contributed by atoms with Crippen LogP contribution in [0, 0.1) is 0 Å². The van der Waals surface area contributed by atoms with Gasteiger partial charge in [0.1, 0.15) is 5.75 Å². The van der Waals surface area contributed by atoms with Crippen molar-refractivity contribution in [3.63, 3.8) is 0 Å². The lowest BCUT2D eigenvalue weighted by atomic mass is 10.2. The first-order valence-electron chi connectivity index (χ1n) is 5.81. The van der Waals surface area contributed by atoms with Gasteiger partial charge >= 0.3 is 12.0 Å². The highest BCUT2D eigenvalue weighted by Crippen LogP contribution is 2.24. The molecule has 0 radical (unpaired) electrons. The first kappa shape index (κ1) is 15.3. The Morgan fingerprint density at radius 2 is 2.00 bits per heavy atom. The first-order chi connectivity index (χ1) is 9.95. The molecule has 0 bridgehead atoms. The van der Waals surface area contributed by atoms with Crippen LogP contribution in [-0.2, 0) is 6.54 Å². The van der Waals surface area contributed by atoms with Gasteiger partial charge in [-0.15, -0.1) is 11.3 Å². The monoisotopic (exact) mass is 370 g/mol. The van der Waals surface area contributed by atoms with Crippen LogP contribution in [0.2, 0.25) is 0 Å². The molecule has 0 spiro atoms. The summed E-state index contributed by atoms with van der Waals surface area (Å²) in [5.41, 5.74) is 0.0896. The summed E-state index contributed by atoms with van der Waals surface area (Å²) in [6, 6.07) is 6.99. The van der Waals surface area contributed by atoms with Gasteiger partial charge < -0.3 is 20.8 Å². The summed E-state index contributed by atoms with van der Waals surface area (Å²) in [5, 5.41) is 23.5. The summed E-state index contributed by atoms with van der Waals surface area (Å²) in [5.74, 6) is -1.45. The number of hydrogen-bond donors (Lipinski definition) is 4. The number of carboxylic acids is 1. The number of halogens is 1. The van der Waals surface area contributed by atoms with Crippen molar-refractivity contribution in [2.24, 2.45) is 0 Å². The highest BCUT2D eigenvalue weighted by atomic mass is 79.9. The minimum absolute atomic E-state index is 0.0538. The van der Waals surface area contributed by atoms with Crippen LogP contribution >= 0.6 is 27.3 Å². The Morgan fingerprint density at radius 1 is 1.24 bits per heavy atom. The van der Waals surface area contributed by atoms with E-state index in [0.717, 1.165) is 14.7 Å². The number of hydrogen-bond acceptors (Lipinski definition) is 4. The number of aromatic hydroxyl groups is 1. The van der Waals surface area contributed by atoms with Crippen LogP contribution in [0.4, 0.5) is 10.5 Å². The molecule has 1 aromatic carbocycles. The van der Waals surface area contributed by atoms with Gasteiger partial charge in [0.2, 0.25) is 0 Å². The molecule has 4 N–H and O–H groups in total. The number of urea groups is 1. The number of nitrogens with one attached hydrogen (secondary N) is 2. The predicted molar refractivity (Wildman–Crippen MR) is 82.9 cm³/mol. The van der Waals surface area contributed by atoms with E-state index < -0.39 is 12.0 Å². The standard InChI is InChI=1S/C13H11BrN2O4S/c14-11-4-2-8(21-11)6-15-13(20)16-9-3-1-7(12(18)19)5-10(9)17/h1-5,17H,6H2,(H,18,19)(H2,15,16,20). The number of carbonyl (C=O) groups excluding carboxylic acids is 1. The molecule has 2 amide bonds. The normalized spacial score (nSPS) is 10.1. The summed E-state index contributed by atoms with van der Waals surface area (Å²) in [6.07, 6.45) is 0. The van der Waals surface area contributed by atoms with Gasteiger partial charge in [-0.05, 0) is 46.3 Å². The van der Waals surface area contributed by atoms with E-state index in [1.54, 1.807) is 0 Å². The molecule has 8 heteroatoms. The lowest BCUT2D eigenvalue weighted by Gasteiger charge is -2.09. The van der Waals surface area contributed by atoms with Crippen LogP contribution < -0.4 is 10.6 Å². The molecule has 0 aliphatic heterocycles. The van der Waals surface area contributed by atoms with E-state index in [0.29, 0.717) is 6.54 Å². The number of phenolic OH excluding ortho intramolecular Hbond substituents is 1. The molecule has 1 aromatic heterocycles. The van der Waals surface area contributed by atoms with E-state index in [1.807, 2.05) is 12.1 Å². The Kier molecular flexibility index (Phi) is 4.81. The van der Waals surface area contributed by atoms with Crippen molar-refractivity contribution in [1.29, 1.82) is 0 Å². The van der Waals surface area contributed by atoms with E-state index in [4.69, 9.17) is 5.11 Å². The average molecular weight is 371 g/mol. The fourth-order valence-corrected chi connectivity index (χ4v) is 2.97. The Labute approximate surface area is 132 Å². The molecule has 6 nitrogen and oxygen atoms in total. The van der Waals surface area contributed by atoms with E-state index >= 15 is 0 Å². The fraction of sp³-hybridized carbons (Fsp3) is 0.0769. The van der Waals surface area contributed by atoms with Crippen molar-refractivity contribution in [2.45, 2.75) is 6.54 Å². The summed E-state index contributed by atoms with van der Waals surface area (Å²) < 4.78 is 0.974. The largest absolute Gasteiger partial charge is 0.506 e. The van der Waals surface area contributed by atoms with Gasteiger partial charge in [0, 0.05) is 4.88 Å². The third kappa shape index (κ3) is 4.20. The maximum Gasteiger partial charge on any atom is 0.335 e. The van der Waals surface area contributed by atoms with Gasteiger partial charge in [0.25, 0.3) is 0 Å². The van der Waals surface area contributed by atoms with Crippen molar-refractivity contribution in [1.82, 2.24) is 5.32 Å². The third-order valence-electron chi connectivity index (χ3n) is 2.54. The number of carbonyl (C=O) groups is 2. The molecular weight excluding hydrogens is 360 g/mol. The van der Waals surface area contributed by atoms with Crippen molar-refractivity contribution < 1.29 is 19.8 Å². The van der Waals surface area contributed by atoms with Crippen LogP contribution in [0.1, 0.15) is 15.2 Å². The summed E-state index contributed by atoms with van der Waals surface area (Å²) in [4.78, 5) is 23.4. The van der Waals surface area contributed by atoms with Crippen LogP contribution in [-0.4, -0.2) is 22.2 Å². The second-order valence-corrected chi connectivity index (χ2v) is 6.60. The van der Waals surface area contributed by atoms with Crippen LogP contribution in [0.25, 0.3) is 0 Å². The van der Waals surface area contributed by atoms with Crippen molar-refractivity contribution in [3.8, 4) is 5.75 Å². The molecule has 2 aromatic rings. The van der Waals surface area contributed by atoms with E-state index in [1.165, 1.54) is 23.5 Å². The second-order valence-electron chi connectivity index (χ2n) is 4.05. The summed E-state index contributed by atoms with van der Waals surface area (Å²) in [6.45, 7) is 0.357. The number of amides is 2. The Balaban J connectivity index is 1.94.